The molecule has 0 aliphatic carbocycles. The number of nitrogens with zero attached hydrogens (tertiary/aromatic N) is 3. The summed E-state index contributed by atoms with van der Waals surface area (Å²) < 4.78 is 0. The van der Waals surface area contributed by atoms with Gasteiger partial charge in [-0.3, -0.25) is 9.59 Å². The molecule has 1 heterocycles. The summed E-state index contributed by atoms with van der Waals surface area (Å²) in [5.41, 5.74) is 7.42. The van der Waals surface area contributed by atoms with Gasteiger partial charge in [0.2, 0.25) is 5.91 Å². The zero-order chi connectivity index (χ0) is 16.1. The van der Waals surface area contributed by atoms with Gasteiger partial charge in [0, 0.05) is 25.1 Å². The molecule has 1 aromatic heterocycles. The highest BCUT2D eigenvalue weighted by molar-refractivity contribution is 6.00. The van der Waals surface area contributed by atoms with Crippen LogP contribution in [0.25, 0.3) is 0 Å². The van der Waals surface area contributed by atoms with Crippen LogP contribution in [0, 0.1) is 6.92 Å². The first-order chi connectivity index (χ1) is 10.5. The molecule has 0 atom stereocenters. The lowest BCUT2D eigenvalue weighted by Crippen LogP contribution is -2.35. The van der Waals surface area contributed by atoms with E-state index in [1.165, 1.54) is 24.3 Å². The summed E-state index contributed by atoms with van der Waals surface area (Å²) >= 11 is 0. The fraction of sp³-hybridized carbons (Fsp3) is 0.200. The molecular weight excluding hydrogens is 282 g/mol. The first kappa shape index (κ1) is 15.4. The monoisotopic (exact) mass is 299 g/mol. The van der Waals surface area contributed by atoms with Crippen molar-refractivity contribution in [2.24, 2.45) is 0 Å². The molecule has 0 saturated heterocycles. The third-order valence-electron chi connectivity index (χ3n) is 2.99. The predicted octanol–water partition coefficient (Wildman–Crippen LogP) is 1.08. The summed E-state index contributed by atoms with van der Waals surface area (Å²) in [5, 5.41) is 2.72. The Kier molecular flexibility index (Phi) is 4.67. The van der Waals surface area contributed by atoms with E-state index in [1.807, 2.05) is 19.1 Å². The summed E-state index contributed by atoms with van der Waals surface area (Å²) in [7, 11) is 1.51. The number of hydrogen-bond acceptors (Lipinski definition) is 5. The number of likely N-dealkylation sites (N-methyl/N-ethyl adjacent to an activating group) is 1. The van der Waals surface area contributed by atoms with Crippen molar-refractivity contribution in [1.82, 2.24) is 14.9 Å². The maximum Gasteiger partial charge on any atom is 0.276 e. The lowest BCUT2D eigenvalue weighted by molar-refractivity contribution is -0.116. The number of aromatic nitrogens is 2. The van der Waals surface area contributed by atoms with E-state index < -0.39 is 5.91 Å². The number of nitrogens with two attached hydrogens (primary N) is 1. The number of nitrogen functional groups attached to an aromatic ring is 1. The second kappa shape index (κ2) is 6.66. The number of anilines is 2. The Morgan fingerprint density at radius 2 is 1.82 bits per heavy atom. The molecule has 0 radical (unpaired) electrons. The van der Waals surface area contributed by atoms with Crippen molar-refractivity contribution in [2.45, 2.75) is 6.92 Å². The van der Waals surface area contributed by atoms with Gasteiger partial charge < -0.3 is 16.0 Å². The van der Waals surface area contributed by atoms with Gasteiger partial charge in [-0.15, -0.1) is 0 Å². The molecule has 3 N–H and O–H groups in total. The molecule has 2 amide bonds. The normalized spacial score (nSPS) is 10.1. The van der Waals surface area contributed by atoms with Crippen LogP contribution >= 0.6 is 0 Å². The van der Waals surface area contributed by atoms with E-state index in [0.717, 1.165) is 5.56 Å². The SMILES string of the molecule is Cc1ccc(NC(=O)CN(C)C(=O)c2nccnc2N)cc1. The van der Waals surface area contributed by atoms with Crippen LogP contribution in [0.4, 0.5) is 11.5 Å². The smallest absolute Gasteiger partial charge is 0.276 e. The van der Waals surface area contributed by atoms with Crippen LogP contribution in [0.3, 0.4) is 0 Å². The minimum Gasteiger partial charge on any atom is -0.382 e. The van der Waals surface area contributed by atoms with Gasteiger partial charge in [-0.1, -0.05) is 17.7 Å². The molecule has 0 unspecified atom stereocenters. The first-order valence-electron chi connectivity index (χ1n) is 6.66. The lowest BCUT2D eigenvalue weighted by Gasteiger charge is -2.16. The minimum atomic E-state index is -0.454. The van der Waals surface area contributed by atoms with Crippen LogP contribution < -0.4 is 11.1 Å². The molecule has 2 aromatic rings. The van der Waals surface area contributed by atoms with E-state index >= 15 is 0 Å². The molecule has 114 valence electrons. The number of benzene rings is 1. The van der Waals surface area contributed by atoms with E-state index in [-0.39, 0.29) is 24.0 Å². The van der Waals surface area contributed by atoms with Gasteiger partial charge in [0.25, 0.3) is 5.91 Å². The summed E-state index contributed by atoms with van der Waals surface area (Å²) in [6.07, 6.45) is 2.78. The van der Waals surface area contributed by atoms with Crippen molar-refractivity contribution in [3.05, 3.63) is 47.9 Å². The van der Waals surface area contributed by atoms with E-state index in [9.17, 15) is 9.59 Å². The molecule has 7 nitrogen and oxygen atoms in total. The van der Waals surface area contributed by atoms with Crippen molar-refractivity contribution < 1.29 is 9.59 Å². The highest BCUT2D eigenvalue weighted by atomic mass is 16.2. The minimum absolute atomic E-state index is 0.0353. The number of amides is 2. The lowest BCUT2D eigenvalue weighted by atomic mass is 10.2. The zero-order valence-electron chi connectivity index (χ0n) is 12.4. The second-order valence-electron chi connectivity index (χ2n) is 4.87. The summed E-state index contributed by atoms with van der Waals surface area (Å²) in [6, 6.07) is 7.39. The Balaban J connectivity index is 1.97. The van der Waals surface area contributed by atoms with Crippen molar-refractivity contribution in [3.8, 4) is 0 Å². The molecule has 2 rings (SSSR count). The average Bonchev–Trinajstić information content (AvgIpc) is 2.49. The Hall–Kier alpha value is -2.96. The van der Waals surface area contributed by atoms with Gasteiger partial charge in [0.05, 0.1) is 6.54 Å². The van der Waals surface area contributed by atoms with E-state index in [2.05, 4.69) is 15.3 Å². The summed E-state index contributed by atoms with van der Waals surface area (Å²) in [6.45, 7) is 1.85. The molecule has 1 aromatic carbocycles. The van der Waals surface area contributed by atoms with Crippen LogP contribution in [-0.2, 0) is 4.79 Å². The topological polar surface area (TPSA) is 101 Å². The van der Waals surface area contributed by atoms with Crippen molar-refractivity contribution in [2.75, 3.05) is 24.6 Å². The molecule has 0 fully saturated rings. The number of carbonyl (C=O) groups is 2. The number of aryl methyl sites for hydroxylation is 1. The van der Waals surface area contributed by atoms with Gasteiger partial charge in [-0.05, 0) is 19.1 Å². The second-order valence-corrected chi connectivity index (χ2v) is 4.87. The molecule has 22 heavy (non-hydrogen) atoms. The highest BCUT2D eigenvalue weighted by Gasteiger charge is 2.19. The van der Waals surface area contributed by atoms with Crippen molar-refractivity contribution in [3.63, 3.8) is 0 Å². The quantitative estimate of drug-likeness (QED) is 0.879. The third-order valence-corrected chi connectivity index (χ3v) is 2.99. The fourth-order valence-corrected chi connectivity index (χ4v) is 1.82. The summed E-state index contributed by atoms with van der Waals surface area (Å²) in [5.74, 6) is -0.717. The van der Waals surface area contributed by atoms with Crippen LogP contribution in [-0.4, -0.2) is 40.3 Å². The predicted molar refractivity (Wildman–Crippen MR) is 83.2 cm³/mol. The molecule has 0 saturated carbocycles. The fourth-order valence-electron chi connectivity index (χ4n) is 1.82. The van der Waals surface area contributed by atoms with E-state index in [4.69, 9.17) is 5.73 Å². The van der Waals surface area contributed by atoms with Gasteiger partial charge in [0.1, 0.15) is 0 Å². The number of nitrogens with one attached hydrogen (secondary N) is 1. The van der Waals surface area contributed by atoms with Crippen LogP contribution in [0.5, 0.6) is 0 Å². The Morgan fingerprint density at radius 3 is 2.45 bits per heavy atom. The van der Waals surface area contributed by atoms with Gasteiger partial charge in [-0.25, -0.2) is 9.97 Å². The first-order valence-corrected chi connectivity index (χ1v) is 6.66. The molecular formula is C15H17N5O2. The highest BCUT2D eigenvalue weighted by Crippen LogP contribution is 2.09. The molecule has 7 heteroatoms. The standard InChI is InChI=1S/C15H17N5O2/c1-10-3-5-11(6-4-10)19-12(21)9-20(2)15(22)13-14(16)18-8-7-17-13/h3-8H,9H2,1-2H3,(H2,16,18)(H,19,21). The van der Waals surface area contributed by atoms with Crippen molar-refractivity contribution >= 4 is 23.3 Å². The van der Waals surface area contributed by atoms with Crippen molar-refractivity contribution in [1.29, 1.82) is 0 Å². The van der Waals surface area contributed by atoms with Gasteiger partial charge >= 0.3 is 0 Å². The number of carbonyl (C=O) groups excluding carboxylic acids is 2. The molecule has 0 aliphatic rings. The third kappa shape index (κ3) is 3.78. The Bertz CT molecular complexity index is 685. The summed E-state index contributed by atoms with van der Waals surface area (Å²) in [4.78, 5) is 33.1. The van der Waals surface area contributed by atoms with Gasteiger partial charge in [0.15, 0.2) is 11.5 Å². The Morgan fingerprint density at radius 1 is 1.18 bits per heavy atom. The van der Waals surface area contributed by atoms with Crippen LogP contribution in [0.2, 0.25) is 0 Å². The maximum atomic E-state index is 12.2. The van der Waals surface area contributed by atoms with E-state index in [0.29, 0.717) is 5.69 Å². The average molecular weight is 299 g/mol. The number of hydrogen-bond donors (Lipinski definition) is 2. The molecule has 0 aliphatic heterocycles. The Labute approximate surface area is 128 Å². The van der Waals surface area contributed by atoms with E-state index in [1.54, 1.807) is 12.1 Å². The van der Waals surface area contributed by atoms with Crippen LogP contribution in [0.1, 0.15) is 16.1 Å². The zero-order valence-corrected chi connectivity index (χ0v) is 12.4. The molecule has 0 spiro atoms. The maximum absolute atomic E-state index is 12.2. The van der Waals surface area contributed by atoms with Gasteiger partial charge in [-0.2, -0.15) is 0 Å². The molecule has 0 bridgehead atoms. The largest absolute Gasteiger partial charge is 0.382 e. The van der Waals surface area contributed by atoms with Crippen LogP contribution in [0.15, 0.2) is 36.7 Å². The number of rotatable bonds is 4.